The molecule has 3 rings (SSSR count). The Morgan fingerprint density at radius 1 is 1.26 bits per heavy atom. The Balaban J connectivity index is 1.77. The second-order valence-electron chi connectivity index (χ2n) is 6.47. The normalized spacial score (nSPS) is 17.4. The molecule has 1 aliphatic heterocycles. The molecular weight excluding hydrogens is 364 g/mol. The van der Waals surface area contributed by atoms with E-state index in [2.05, 4.69) is 5.32 Å². The van der Waals surface area contributed by atoms with E-state index in [-0.39, 0.29) is 17.9 Å². The number of nitrogens with one attached hydrogen (secondary N) is 1. The molecule has 0 bridgehead atoms. The van der Waals surface area contributed by atoms with E-state index < -0.39 is 6.04 Å². The van der Waals surface area contributed by atoms with E-state index in [9.17, 15) is 9.59 Å². The quantitative estimate of drug-likeness (QED) is 0.825. The Kier molecular flexibility index (Phi) is 6.01. The number of ether oxygens (including phenoxy) is 2. The van der Waals surface area contributed by atoms with Gasteiger partial charge in [0.05, 0.1) is 25.1 Å². The van der Waals surface area contributed by atoms with Crippen LogP contribution in [-0.4, -0.2) is 43.5 Å². The van der Waals surface area contributed by atoms with Gasteiger partial charge in [-0.2, -0.15) is 0 Å². The first-order valence-corrected chi connectivity index (χ1v) is 9.80. The summed E-state index contributed by atoms with van der Waals surface area (Å²) in [6, 6.07) is 8.49. The highest BCUT2D eigenvalue weighted by Gasteiger charge is 2.34. The van der Waals surface area contributed by atoms with Crippen LogP contribution < -0.4 is 14.8 Å². The summed E-state index contributed by atoms with van der Waals surface area (Å²) in [5, 5.41) is 4.65. The molecule has 1 aromatic carbocycles. The van der Waals surface area contributed by atoms with Gasteiger partial charge >= 0.3 is 0 Å². The highest BCUT2D eigenvalue weighted by atomic mass is 32.1. The molecule has 0 radical (unpaired) electrons. The molecule has 2 aromatic rings. The zero-order chi connectivity index (χ0) is 19.4. The molecule has 7 heteroatoms. The number of carbonyl (C=O) groups excluding carboxylic acids is 2. The van der Waals surface area contributed by atoms with Gasteiger partial charge in [0.2, 0.25) is 5.91 Å². The summed E-state index contributed by atoms with van der Waals surface area (Å²) in [5.41, 5.74) is 0.930. The van der Waals surface area contributed by atoms with E-state index in [0.717, 1.165) is 29.9 Å². The Morgan fingerprint density at radius 3 is 2.74 bits per heavy atom. The van der Waals surface area contributed by atoms with Crippen LogP contribution in [0.1, 0.15) is 41.0 Å². The molecule has 27 heavy (non-hydrogen) atoms. The van der Waals surface area contributed by atoms with Crippen molar-refractivity contribution in [1.29, 1.82) is 0 Å². The number of amides is 2. The lowest BCUT2D eigenvalue weighted by Crippen LogP contribution is -2.46. The third kappa shape index (κ3) is 4.08. The molecule has 6 nitrogen and oxygen atoms in total. The maximum absolute atomic E-state index is 13.0. The largest absolute Gasteiger partial charge is 0.497 e. The van der Waals surface area contributed by atoms with Gasteiger partial charge in [0.25, 0.3) is 5.91 Å². The van der Waals surface area contributed by atoms with Gasteiger partial charge in [0.1, 0.15) is 17.5 Å². The minimum atomic E-state index is -0.600. The molecule has 0 spiro atoms. The fraction of sp³-hybridized carbons (Fsp3) is 0.400. The minimum absolute atomic E-state index is 0.0905. The lowest BCUT2D eigenvalue weighted by molar-refractivity contribution is -0.133. The van der Waals surface area contributed by atoms with Gasteiger partial charge < -0.3 is 19.7 Å². The minimum Gasteiger partial charge on any atom is -0.497 e. The number of benzene rings is 1. The highest BCUT2D eigenvalue weighted by molar-refractivity contribution is 7.12. The molecule has 0 saturated carbocycles. The van der Waals surface area contributed by atoms with Crippen molar-refractivity contribution in [3.05, 3.63) is 46.2 Å². The van der Waals surface area contributed by atoms with Gasteiger partial charge in [0.15, 0.2) is 0 Å². The van der Waals surface area contributed by atoms with Crippen LogP contribution >= 0.6 is 11.3 Å². The van der Waals surface area contributed by atoms with Crippen molar-refractivity contribution in [1.82, 2.24) is 10.2 Å². The SMILES string of the molecule is COc1ccc(OC)c(C2CCCN2C(=O)C(C)NC(=O)c2cccs2)c1. The van der Waals surface area contributed by atoms with Crippen LogP contribution in [-0.2, 0) is 4.79 Å². The van der Waals surface area contributed by atoms with E-state index >= 15 is 0 Å². The fourth-order valence-electron chi connectivity index (χ4n) is 3.44. The monoisotopic (exact) mass is 388 g/mol. The topological polar surface area (TPSA) is 67.9 Å². The van der Waals surface area contributed by atoms with Crippen molar-refractivity contribution in [2.75, 3.05) is 20.8 Å². The number of carbonyl (C=O) groups is 2. The molecule has 1 aliphatic rings. The lowest BCUT2D eigenvalue weighted by atomic mass is 10.0. The summed E-state index contributed by atoms with van der Waals surface area (Å²) in [7, 11) is 3.24. The predicted octanol–water partition coefficient (Wildman–Crippen LogP) is 3.25. The van der Waals surface area contributed by atoms with Gasteiger partial charge in [-0.15, -0.1) is 11.3 Å². The smallest absolute Gasteiger partial charge is 0.261 e. The maximum Gasteiger partial charge on any atom is 0.261 e. The van der Waals surface area contributed by atoms with Crippen LogP contribution in [0.15, 0.2) is 35.7 Å². The van der Waals surface area contributed by atoms with E-state index in [0.29, 0.717) is 11.4 Å². The van der Waals surface area contributed by atoms with Gasteiger partial charge in [-0.1, -0.05) is 6.07 Å². The summed E-state index contributed by atoms with van der Waals surface area (Å²) in [5.74, 6) is 1.15. The molecule has 144 valence electrons. The Labute approximate surface area is 163 Å². The maximum atomic E-state index is 13.0. The van der Waals surface area contributed by atoms with E-state index in [1.807, 2.05) is 34.5 Å². The second kappa shape index (κ2) is 8.43. The number of hydrogen-bond donors (Lipinski definition) is 1. The third-order valence-corrected chi connectivity index (χ3v) is 5.66. The number of nitrogens with zero attached hydrogens (tertiary/aromatic N) is 1. The Hall–Kier alpha value is -2.54. The molecule has 1 N–H and O–H groups in total. The zero-order valence-corrected chi connectivity index (χ0v) is 16.5. The van der Waals surface area contributed by atoms with Gasteiger partial charge in [-0.3, -0.25) is 9.59 Å². The Bertz CT molecular complexity index is 806. The van der Waals surface area contributed by atoms with Crippen molar-refractivity contribution < 1.29 is 19.1 Å². The predicted molar refractivity (Wildman–Crippen MR) is 104 cm³/mol. The first-order valence-electron chi connectivity index (χ1n) is 8.92. The summed E-state index contributed by atoms with van der Waals surface area (Å²) in [6.45, 7) is 2.38. The summed E-state index contributed by atoms with van der Waals surface area (Å²) in [4.78, 5) is 27.7. The highest BCUT2D eigenvalue weighted by Crippen LogP contribution is 2.39. The number of rotatable bonds is 6. The van der Waals surface area contributed by atoms with Crippen molar-refractivity contribution in [3.8, 4) is 11.5 Å². The van der Waals surface area contributed by atoms with Crippen LogP contribution in [0.3, 0.4) is 0 Å². The van der Waals surface area contributed by atoms with Crippen LogP contribution in [0.2, 0.25) is 0 Å². The molecule has 2 heterocycles. The van der Waals surface area contributed by atoms with Gasteiger partial charge in [-0.25, -0.2) is 0 Å². The van der Waals surface area contributed by atoms with E-state index in [1.165, 1.54) is 11.3 Å². The van der Waals surface area contributed by atoms with Crippen molar-refractivity contribution in [2.45, 2.75) is 31.8 Å². The first-order chi connectivity index (χ1) is 13.0. The molecule has 2 atom stereocenters. The van der Waals surface area contributed by atoms with E-state index in [1.54, 1.807) is 27.2 Å². The van der Waals surface area contributed by atoms with Crippen LogP contribution in [0.25, 0.3) is 0 Å². The molecule has 2 unspecified atom stereocenters. The first kappa shape index (κ1) is 19.2. The molecule has 1 fully saturated rings. The molecule has 1 saturated heterocycles. The van der Waals surface area contributed by atoms with Crippen LogP contribution in [0.4, 0.5) is 0 Å². The van der Waals surface area contributed by atoms with Crippen molar-refractivity contribution in [3.63, 3.8) is 0 Å². The second-order valence-corrected chi connectivity index (χ2v) is 7.42. The number of likely N-dealkylation sites (tertiary alicyclic amines) is 1. The Morgan fingerprint density at radius 2 is 2.07 bits per heavy atom. The summed E-state index contributed by atoms with van der Waals surface area (Å²) >= 11 is 1.36. The standard InChI is InChI=1S/C20H24N2O4S/c1-13(21-19(23)18-7-5-11-27-18)20(24)22-10-4-6-16(22)15-12-14(25-2)8-9-17(15)26-3/h5,7-9,11-13,16H,4,6,10H2,1-3H3,(H,21,23). The zero-order valence-electron chi connectivity index (χ0n) is 15.7. The lowest BCUT2D eigenvalue weighted by Gasteiger charge is -2.29. The van der Waals surface area contributed by atoms with Crippen LogP contribution in [0.5, 0.6) is 11.5 Å². The van der Waals surface area contributed by atoms with Gasteiger partial charge in [-0.05, 0) is 49.4 Å². The fourth-order valence-corrected chi connectivity index (χ4v) is 4.07. The summed E-state index contributed by atoms with van der Waals surface area (Å²) < 4.78 is 10.8. The molecule has 1 aromatic heterocycles. The van der Waals surface area contributed by atoms with E-state index in [4.69, 9.17) is 9.47 Å². The summed E-state index contributed by atoms with van der Waals surface area (Å²) in [6.07, 6.45) is 1.75. The number of thiophene rings is 1. The average molecular weight is 388 g/mol. The molecule has 2 amide bonds. The molecule has 0 aliphatic carbocycles. The number of hydrogen-bond acceptors (Lipinski definition) is 5. The van der Waals surface area contributed by atoms with Crippen molar-refractivity contribution in [2.24, 2.45) is 0 Å². The average Bonchev–Trinajstić information content (AvgIpc) is 3.38. The van der Waals surface area contributed by atoms with Crippen LogP contribution in [0, 0.1) is 0 Å². The third-order valence-electron chi connectivity index (χ3n) is 4.79. The van der Waals surface area contributed by atoms with Crippen molar-refractivity contribution >= 4 is 23.2 Å². The number of methoxy groups -OCH3 is 2. The molecular formula is C20H24N2O4S. The van der Waals surface area contributed by atoms with Gasteiger partial charge in [0, 0.05) is 12.1 Å².